The summed E-state index contributed by atoms with van der Waals surface area (Å²) in [6.07, 6.45) is 5.73. The van der Waals surface area contributed by atoms with Crippen LogP contribution < -0.4 is 5.32 Å². The minimum Gasteiger partial charge on any atom is -0.481 e. The highest BCUT2D eigenvalue weighted by molar-refractivity contribution is 5.66. The SMILES string of the molecule is CCC(CC)(CCC(=O)O)c1cncc(Nc2ncc(F)cc2F)n1. The van der Waals surface area contributed by atoms with Gasteiger partial charge < -0.3 is 10.4 Å². The molecule has 0 saturated carbocycles. The first kappa shape index (κ1) is 18.7. The van der Waals surface area contributed by atoms with Gasteiger partial charge in [-0.1, -0.05) is 13.8 Å². The molecule has 0 aliphatic carbocycles. The fourth-order valence-corrected chi connectivity index (χ4v) is 2.75. The van der Waals surface area contributed by atoms with Crippen LogP contribution in [0.2, 0.25) is 0 Å². The average molecular weight is 350 g/mol. The lowest BCUT2D eigenvalue weighted by Gasteiger charge is -2.30. The second kappa shape index (κ2) is 7.96. The number of carbonyl (C=O) groups is 1. The average Bonchev–Trinajstić information content (AvgIpc) is 2.59. The van der Waals surface area contributed by atoms with Crippen LogP contribution in [0.25, 0.3) is 0 Å². The van der Waals surface area contributed by atoms with Crippen molar-refractivity contribution in [2.24, 2.45) is 0 Å². The van der Waals surface area contributed by atoms with Crippen LogP contribution in [0.3, 0.4) is 0 Å². The van der Waals surface area contributed by atoms with Crippen molar-refractivity contribution in [1.29, 1.82) is 0 Å². The van der Waals surface area contributed by atoms with Crippen molar-refractivity contribution in [2.75, 3.05) is 5.32 Å². The normalized spacial score (nSPS) is 11.4. The second-order valence-corrected chi connectivity index (χ2v) is 5.78. The van der Waals surface area contributed by atoms with Gasteiger partial charge in [0.05, 0.1) is 18.1 Å². The number of aliphatic carboxylic acids is 1. The van der Waals surface area contributed by atoms with Crippen molar-refractivity contribution in [3.05, 3.63) is 42.0 Å². The van der Waals surface area contributed by atoms with E-state index in [4.69, 9.17) is 5.11 Å². The first-order valence-electron chi connectivity index (χ1n) is 8.02. The van der Waals surface area contributed by atoms with Gasteiger partial charge in [0, 0.05) is 24.1 Å². The topological polar surface area (TPSA) is 88.0 Å². The van der Waals surface area contributed by atoms with Gasteiger partial charge in [0.1, 0.15) is 11.6 Å². The fourth-order valence-electron chi connectivity index (χ4n) is 2.75. The summed E-state index contributed by atoms with van der Waals surface area (Å²) in [6.45, 7) is 3.93. The van der Waals surface area contributed by atoms with Gasteiger partial charge in [-0.05, 0) is 19.3 Å². The number of halogens is 2. The molecule has 0 atom stereocenters. The van der Waals surface area contributed by atoms with Crippen LogP contribution in [0.1, 0.15) is 45.2 Å². The number of nitrogens with zero attached hydrogens (tertiary/aromatic N) is 3. The molecular weight excluding hydrogens is 330 g/mol. The van der Waals surface area contributed by atoms with Crippen LogP contribution in [-0.4, -0.2) is 26.0 Å². The number of nitrogens with one attached hydrogen (secondary N) is 1. The minimum absolute atomic E-state index is 0.0230. The largest absolute Gasteiger partial charge is 0.481 e. The van der Waals surface area contributed by atoms with Crippen molar-refractivity contribution in [2.45, 2.75) is 44.9 Å². The number of rotatable bonds is 8. The summed E-state index contributed by atoms with van der Waals surface area (Å²) in [4.78, 5) is 23.2. The molecule has 6 nitrogen and oxygen atoms in total. The van der Waals surface area contributed by atoms with Crippen molar-refractivity contribution in [1.82, 2.24) is 15.0 Å². The van der Waals surface area contributed by atoms with E-state index in [2.05, 4.69) is 20.3 Å². The maximum absolute atomic E-state index is 13.7. The number of aromatic nitrogens is 3. The minimum atomic E-state index is -0.869. The fraction of sp³-hybridized carbons (Fsp3) is 0.412. The lowest BCUT2D eigenvalue weighted by Crippen LogP contribution is -2.27. The molecule has 2 heterocycles. The highest BCUT2D eigenvalue weighted by atomic mass is 19.1. The Labute approximate surface area is 144 Å². The van der Waals surface area contributed by atoms with Gasteiger partial charge in [-0.2, -0.15) is 0 Å². The van der Waals surface area contributed by atoms with Crippen molar-refractivity contribution in [3.8, 4) is 0 Å². The maximum Gasteiger partial charge on any atom is 0.303 e. The predicted octanol–water partition coefficient (Wildman–Crippen LogP) is 3.82. The predicted molar refractivity (Wildman–Crippen MR) is 88.6 cm³/mol. The van der Waals surface area contributed by atoms with E-state index in [1.165, 1.54) is 6.20 Å². The summed E-state index contributed by atoms with van der Waals surface area (Å²) in [7, 11) is 0. The molecule has 2 aromatic rings. The van der Waals surface area contributed by atoms with Crippen LogP contribution in [0, 0.1) is 11.6 Å². The molecule has 0 saturated heterocycles. The Morgan fingerprint density at radius 1 is 1.24 bits per heavy atom. The summed E-state index contributed by atoms with van der Waals surface area (Å²) in [5, 5.41) is 11.7. The van der Waals surface area contributed by atoms with Crippen LogP contribution in [0.5, 0.6) is 0 Å². The smallest absolute Gasteiger partial charge is 0.303 e. The lowest BCUT2D eigenvalue weighted by molar-refractivity contribution is -0.137. The van der Waals surface area contributed by atoms with E-state index in [0.717, 1.165) is 12.3 Å². The molecule has 0 unspecified atom stereocenters. The molecule has 0 radical (unpaired) electrons. The van der Waals surface area contributed by atoms with E-state index in [1.54, 1.807) is 6.20 Å². The number of carboxylic acids is 1. The Hall–Kier alpha value is -2.64. The van der Waals surface area contributed by atoms with Gasteiger partial charge in [0.15, 0.2) is 11.6 Å². The molecule has 0 fully saturated rings. The first-order chi connectivity index (χ1) is 11.9. The van der Waals surface area contributed by atoms with Gasteiger partial charge in [0.2, 0.25) is 0 Å². The number of hydrogen-bond acceptors (Lipinski definition) is 5. The van der Waals surface area contributed by atoms with E-state index in [-0.39, 0.29) is 18.1 Å². The highest BCUT2D eigenvalue weighted by Gasteiger charge is 2.31. The summed E-state index contributed by atoms with van der Waals surface area (Å²) in [5.74, 6) is -2.37. The maximum atomic E-state index is 13.7. The number of pyridine rings is 1. The summed E-state index contributed by atoms with van der Waals surface area (Å²) in [6, 6.07) is 0.724. The molecule has 25 heavy (non-hydrogen) atoms. The molecule has 2 rings (SSSR count). The molecule has 0 amide bonds. The van der Waals surface area contributed by atoms with E-state index < -0.39 is 23.0 Å². The molecule has 0 bridgehead atoms. The molecule has 134 valence electrons. The van der Waals surface area contributed by atoms with Gasteiger partial charge in [-0.25, -0.2) is 18.7 Å². The number of hydrogen-bond donors (Lipinski definition) is 2. The van der Waals surface area contributed by atoms with Gasteiger partial charge >= 0.3 is 5.97 Å². The van der Waals surface area contributed by atoms with Crippen LogP contribution in [-0.2, 0) is 10.2 Å². The zero-order chi connectivity index (χ0) is 18.4. The van der Waals surface area contributed by atoms with Crippen LogP contribution >= 0.6 is 0 Å². The summed E-state index contributed by atoms with van der Waals surface area (Å²) >= 11 is 0. The molecule has 2 N–H and O–H groups in total. The van der Waals surface area contributed by atoms with Crippen molar-refractivity contribution in [3.63, 3.8) is 0 Å². The third kappa shape index (κ3) is 4.46. The zero-order valence-corrected chi connectivity index (χ0v) is 14.1. The van der Waals surface area contributed by atoms with E-state index in [0.29, 0.717) is 25.0 Å². The van der Waals surface area contributed by atoms with Crippen LogP contribution in [0.4, 0.5) is 20.4 Å². The Morgan fingerprint density at radius 3 is 2.56 bits per heavy atom. The van der Waals surface area contributed by atoms with E-state index >= 15 is 0 Å². The van der Waals surface area contributed by atoms with Gasteiger partial charge in [-0.3, -0.25) is 9.78 Å². The first-order valence-corrected chi connectivity index (χ1v) is 8.02. The number of anilines is 2. The lowest BCUT2D eigenvalue weighted by atomic mass is 9.75. The highest BCUT2D eigenvalue weighted by Crippen LogP contribution is 2.35. The second-order valence-electron chi connectivity index (χ2n) is 5.78. The molecule has 0 aliphatic rings. The standard InChI is InChI=1S/C17H20F2N4O2/c1-3-17(4-2,6-5-15(24)25)13-9-20-10-14(22-13)23-16-12(19)7-11(18)8-21-16/h7-10H,3-6H2,1-2H3,(H,24,25)(H,21,22,23). The molecular formula is C17H20F2N4O2. The third-order valence-corrected chi connectivity index (χ3v) is 4.40. The Morgan fingerprint density at radius 2 is 1.96 bits per heavy atom. The van der Waals surface area contributed by atoms with E-state index in [1.807, 2.05) is 13.8 Å². The molecule has 0 spiro atoms. The number of carboxylic acid groups (broad SMARTS) is 1. The monoisotopic (exact) mass is 350 g/mol. The molecule has 0 aromatic carbocycles. The quantitative estimate of drug-likeness (QED) is 0.752. The Kier molecular flexibility index (Phi) is 5.95. The van der Waals surface area contributed by atoms with Crippen molar-refractivity contribution >= 4 is 17.6 Å². The Balaban J connectivity index is 2.30. The van der Waals surface area contributed by atoms with Crippen molar-refractivity contribution < 1.29 is 18.7 Å². The zero-order valence-electron chi connectivity index (χ0n) is 14.1. The summed E-state index contributed by atoms with van der Waals surface area (Å²) in [5.41, 5.74) is 0.198. The van der Waals surface area contributed by atoms with Gasteiger partial charge in [0.25, 0.3) is 0 Å². The van der Waals surface area contributed by atoms with Gasteiger partial charge in [-0.15, -0.1) is 0 Å². The van der Waals surface area contributed by atoms with E-state index in [9.17, 15) is 13.6 Å². The molecule has 0 aliphatic heterocycles. The third-order valence-electron chi connectivity index (χ3n) is 4.40. The van der Waals surface area contributed by atoms with Crippen LogP contribution in [0.15, 0.2) is 24.7 Å². The molecule has 8 heteroatoms. The molecule has 2 aromatic heterocycles. The summed E-state index contributed by atoms with van der Waals surface area (Å²) < 4.78 is 26.7. The Bertz CT molecular complexity index is 751.